The van der Waals surface area contributed by atoms with Crippen LogP contribution in [0.2, 0.25) is 0 Å². The van der Waals surface area contributed by atoms with Gasteiger partial charge in [-0.1, -0.05) is 13.8 Å². The molecule has 0 aromatic heterocycles. The standard InChI is InChI=1S/C10H22N2/c1-3-5-11-7-9-12(6-4-2)10-8-11/h3-10H2,1-2H3. The summed E-state index contributed by atoms with van der Waals surface area (Å²) in [4.78, 5) is 5.15. The number of nitrogens with zero attached hydrogens (tertiary/aromatic N) is 2. The van der Waals surface area contributed by atoms with Gasteiger partial charge in [0.1, 0.15) is 0 Å². The molecule has 0 N–H and O–H groups in total. The summed E-state index contributed by atoms with van der Waals surface area (Å²) in [6.07, 6.45) is 2.60. The molecule has 0 radical (unpaired) electrons. The summed E-state index contributed by atoms with van der Waals surface area (Å²) in [5, 5.41) is 0. The normalized spacial score (nSPS) is 21.5. The molecule has 0 atom stereocenters. The first-order chi connectivity index (χ1) is 5.86. The van der Waals surface area contributed by atoms with E-state index in [0.29, 0.717) is 0 Å². The van der Waals surface area contributed by atoms with Gasteiger partial charge >= 0.3 is 0 Å². The largest absolute Gasteiger partial charge is 0.301 e. The molecule has 72 valence electrons. The van der Waals surface area contributed by atoms with E-state index in [2.05, 4.69) is 23.6 Å². The summed E-state index contributed by atoms with van der Waals surface area (Å²) >= 11 is 0. The predicted octanol–water partition coefficient (Wildman–Crippen LogP) is 1.42. The van der Waals surface area contributed by atoms with Crippen molar-refractivity contribution in [1.29, 1.82) is 0 Å². The lowest BCUT2D eigenvalue weighted by Crippen LogP contribution is -2.46. The first-order valence-electron chi connectivity index (χ1n) is 5.31. The summed E-state index contributed by atoms with van der Waals surface area (Å²) in [7, 11) is 0. The molecule has 0 aromatic carbocycles. The molecule has 1 fully saturated rings. The van der Waals surface area contributed by atoms with Gasteiger partial charge in [-0.15, -0.1) is 0 Å². The van der Waals surface area contributed by atoms with Crippen LogP contribution in [0.25, 0.3) is 0 Å². The maximum absolute atomic E-state index is 2.58. The Morgan fingerprint density at radius 1 is 0.750 bits per heavy atom. The van der Waals surface area contributed by atoms with Crippen molar-refractivity contribution in [1.82, 2.24) is 9.80 Å². The monoisotopic (exact) mass is 170 g/mol. The third-order valence-corrected chi connectivity index (χ3v) is 2.54. The topological polar surface area (TPSA) is 6.48 Å². The van der Waals surface area contributed by atoms with Gasteiger partial charge in [0, 0.05) is 26.2 Å². The van der Waals surface area contributed by atoms with E-state index in [1.165, 1.54) is 52.1 Å². The van der Waals surface area contributed by atoms with Crippen LogP contribution < -0.4 is 0 Å². The molecule has 0 bridgehead atoms. The van der Waals surface area contributed by atoms with Crippen molar-refractivity contribution >= 4 is 0 Å². The Kier molecular flexibility index (Phi) is 4.62. The average Bonchev–Trinajstić information content (AvgIpc) is 2.09. The van der Waals surface area contributed by atoms with E-state index in [1.54, 1.807) is 0 Å². The lowest BCUT2D eigenvalue weighted by atomic mass is 10.3. The molecule has 2 heteroatoms. The summed E-state index contributed by atoms with van der Waals surface area (Å²) in [6, 6.07) is 0. The Hall–Kier alpha value is -0.0800. The van der Waals surface area contributed by atoms with E-state index >= 15 is 0 Å². The van der Waals surface area contributed by atoms with E-state index < -0.39 is 0 Å². The Labute approximate surface area is 76.5 Å². The van der Waals surface area contributed by atoms with Gasteiger partial charge in [0.05, 0.1) is 0 Å². The lowest BCUT2D eigenvalue weighted by molar-refractivity contribution is 0.133. The van der Waals surface area contributed by atoms with Crippen LogP contribution in [0.4, 0.5) is 0 Å². The minimum Gasteiger partial charge on any atom is -0.301 e. The van der Waals surface area contributed by atoms with Crippen molar-refractivity contribution < 1.29 is 0 Å². The number of piperazine rings is 1. The fraction of sp³-hybridized carbons (Fsp3) is 1.00. The molecule has 1 saturated heterocycles. The number of hydrogen-bond donors (Lipinski definition) is 0. The molecule has 1 rings (SSSR count). The second-order valence-electron chi connectivity index (χ2n) is 3.68. The summed E-state index contributed by atoms with van der Waals surface area (Å²) in [6.45, 7) is 12.3. The zero-order valence-electron chi connectivity index (χ0n) is 8.55. The van der Waals surface area contributed by atoms with Gasteiger partial charge in [-0.05, 0) is 25.9 Å². The van der Waals surface area contributed by atoms with E-state index in [0.717, 1.165) is 0 Å². The lowest BCUT2D eigenvalue weighted by Gasteiger charge is -2.34. The SMILES string of the molecule is CCCN1CCN(CCC)CC1. The first kappa shape index (κ1) is 10.0. The van der Waals surface area contributed by atoms with Gasteiger partial charge in [-0.25, -0.2) is 0 Å². The third kappa shape index (κ3) is 3.11. The fourth-order valence-electron chi connectivity index (χ4n) is 1.87. The van der Waals surface area contributed by atoms with Crippen molar-refractivity contribution in [2.45, 2.75) is 26.7 Å². The Bertz CT molecular complexity index is 92.4. The summed E-state index contributed by atoms with van der Waals surface area (Å²) < 4.78 is 0. The van der Waals surface area contributed by atoms with Crippen molar-refractivity contribution in [3.8, 4) is 0 Å². The third-order valence-electron chi connectivity index (χ3n) is 2.54. The molecular formula is C10H22N2. The van der Waals surface area contributed by atoms with Crippen LogP contribution in [0.15, 0.2) is 0 Å². The molecule has 2 nitrogen and oxygen atoms in total. The van der Waals surface area contributed by atoms with Crippen LogP contribution in [0, 0.1) is 0 Å². The quantitative estimate of drug-likeness (QED) is 0.629. The molecule has 1 aliphatic rings. The van der Waals surface area contributed by atoms with Crippen molar-refractivity contribution in [3.63, 3.8) is 0 Å². The molecule has 0 saturated carbocycles. The van der Waals surface area contributed by atoms with Crippen LogP contribution in [0.3, 0.4) is 0 Å². The highest BCUT2D eigenvalue weighted by Crippen LogP contribution is 2.02. The molecule has 12 heavy (non-hydrogen) atoms. The molecular weight excluding hydrogens is 148 g/mol. The van der Waals surface area contributed by atoms with Crippen molar-refractivity contribution in [3.05, 3.63) is 0 Å². The highest BCUT2D eigenvalue weighted by Gasteiger charge is 2.14. The van der Waals surface area contributed by atoms with E-state index in [-0.39, 0.29) is 0 Å². The second kappa shape index (κ2) is 5.55. The minimum absolute atomic E-state index is 1.29. The van der Waals surface area contributed by atoms with Crippen LogP contribution >= 0.6 is 0 Å². The molecule has 0 aliphatic carbocycles. The highest BCUT2D eigenvalue weighted by molar-refractivity contribution is 4.70. The molecule has 0 amide bonds. The van der Waals surface area contributed by atoms with Crippen LogP contribution in [0.5, 0.6) is 0 Å². The zero-order valence-corrected chi connectivity index (χ0v) is 8.55. The predicted molar refractivity (Wildman–Crippen MR) is 53.5 cm³/mol. The smallest absolute Gasteiger partial charge is 0.0110 e. The van der Waals surface area contributed by atoms with Crippen molar-refractivity contribution in [2.24, 2.45) is 0 Å². The Morgan fingerprint density at radius 2 is 1.08 bits per heavy atom. The van der Waals surface area contributed by atoms with Crippen LogP contribution in [0.1, 0.15) is 26.7 Å². The number of rotatable bonds is 4. The number of hydrogen-bond acceptors (Lipinski definition) is 2. The van der Waals surface area contributed by atoms with Crippen molar-refractivity contribution in [2.75, 3.05) is 39.3 Å². The van der Waals surface area contributed by atoms with Gasteiger partial charge in [0.2, 0.25) is 0 Å². The fourth-order valence-corrected chi connectivity index (χ4v) is 1.87. The maximum atomic E-state index is 2.58. The zero-order chi connectivity index (χ0) is 8.81. The minimum atomic E-state index is 1.29. The van der Waals surface area contributed by atoms with Gasteiger partial charge < -0.3 is 9.80 Å². The maximum Gasteiger partial charge on any atom is 0.0110 e. The molecule has 0 unspecified atom stereocenters. The molecule has 1 heterocycles. The van der Waals surface area contributed by atoms with Crippen LogP contribution in [-0.4, -0.2) is 49.1 Å². The van der Waals surface area contributed by atoms with Gasteiger partial charge in [-0.3, -0.25) is 0 Å². The Morgan fingerprint density at radius 3 is 1.33 bits per heavy atom. The van der Waals surface area contributed by atoms with Crippen LogP contribution in [-0.2, 0) is 0 Å². The van der Waals surface area contributed by atoms with E-state index in [9.17, 15) is 0 Å². The summed E-state index contributed by atoms with van der Waals surface area (Å²) in [5.41, 5.74) is 0. The average molecular weight is 170 g/mol. The second-order valence-corrected chi connectivity index (χ2v) is 3.68. The van der Waals surface area contributed by atoms with Gasteiger partial charge in [-0.2, -0.15) is 0 Å². The summed E-state index contributed by atoms with van der Waals surface area (Å²) in [5.74, 6) is 0. The van der Waals surface area contributed by atoms with Gasteiger partial charge in [0.25, 0.3) is 0 Å². The van der Waals surface area contributed by atoms with Gasteiger partial charge in [0.15, 0.2) is 0 Å². The Balaban J connectivity index is 2.11. The first-order valence-corrected chi connectivity index (χ1v) is 5.31. The van der Waals surface area contributed by atoms with E-state index in [4.69, 9.17) is 0 Å². The molecule has 1 aliphatic heterocycles. The van der Waals surface area contributed by atoms with E-state index in [1.807, 2.05) is 0 Å². The molecule has 0 aromatic rings. The molecule has 0 spiro atoms. The highest BCUT2D eigenvalue weighted by atomic mass is 15.3.